The smallest absolute Gasteiger partial charge is 0.337 e. The number of benzene rings is 3. The molecule has 3 rings (SSSR count). The third-order valence-electron chi connectivity index (χ3n) is 4.42. The van der Waals surface area contributed by atoms with E-state index in [-0.39, 0.29) is 11.3 Å². The fourth-order valence-corrected chi connectivity index (χ4v) is 2.89. The lowest BCUT2D eigenvalue weighted by molar-refractivity contribution is -0.123. The Bertz CT molecular complexity index is 1030. The summed E-state index contributed by atoms with van der Waals surface area (Å²) < 4.78 is 11.6. The van der Waals surface area contributed by atoms with Crippen LogP contribution < -0.4 is 14.8 Å². The average Bonchev–Trinajstić information content (AvgIpc) is 2.79. The molecule has 1 unspecified atom stereocenters. The van der Waals surface area contributed by atoms with Crippen molar-refractivity contribution in [3.8, 4) is 11.5 Å². The molecule has 0 aliphatic rings. The van der Waals surface area contributed by atoms with Crippen molar-refractivity contribution in [2.45, 2.75) is 12.5 Å². The number of rotatable bonds is 10. The van der Waals surface area contributed by atoms with Crippen molar-refractivity contribution in [2.24, 2.45) is 0 Å². The van der Waals surface area contributed by atoms with Gasteiger partial charge in [0.2, 0.25) is 6.10 Å². The van der Waals surface area contributed by atoms with Crippen molar-refractivity contribution in [3.63, 3.8) is 0 Å². The van der Waals surface area contributed by atoms with Crippen LogP contribution in [0.4, 0.5) is 5.69 Å². The van der Waals surface area contributed by atoms with Crippen LogP contribution in [0.3, 0.4) is 0 Å². The number of carboxylic acids is 1. The van der Waals surface area contributed by atoms with Gasteiger partial charge in [-0.3, -0.25) is 4.79 Å². The van der Waals surface area contributed by atoms with Crippen LogP contribution >= 0.6 is 0 Å². The summed E-state index contributed by atoms with van der Waals surface area (Å²) >= 11 is 0. The molecule has 0 bridgehead atoms. The summed E-state index contributed by atoms with van der Waals surface area (Å²) in [5.74, 6) is -0.441. The van der Waals surface area contributed by atoms with Crippen molar-refractivity contribution in [1.82, 2.24) is 0 Å². The van der Waals surface area contributed by atoms with E-state index in [1.165, 1.54) is 6.07 Å². The fraction of sp³-hybridized carbons (Fsp3) is 0.120. The van der Waals surface area contributed by atoms with Crippen molar-refractivity contribution >= 4 is 17.6 Å². The highest BCUT2D eigenvalue weighted by molar-refractivity contribution is 6.02. The Morgan fingerprint density at radius 2 is 1.58 bits per heavy atom. The fourth-order valence-electron chi connectivity index (χ4n) is 2.89. The summed E-state index contributed by atoms with van der Waals surface area (Å²) in [6.07, 6.45) is 1.55. The Morgan fingerprint density at radius 1 is 0.935 bits per heavy atom. The minimum atomic E-state index is -1.12. The van der Waals surface area contributed by atoms with Crippen LogP contribution in [0.15, 0.2) is 91.5 Å². The molecule has 1 amide bonds. The van der Waals surface area contributed by atoms with Gasteiger partial charge in [0.05, 0.1) is 17.9 Å². The predicted octanol–water partition coefficient (Wildman–Crippen LogP) is 5.10. The first-order valence-corrected chi connectivity index (χ1v) is 9.77. The van der Waals surface area contributed by atoms with Crippen LogP contribution in [0, 0.1) is 0 Å². The van der Waals surface area contributed by atoms with Gasteiger partial charge in [0.1, 0.15) is 11.5 Å². The van der Waals surface area contributed by atoms with E-state index in [0.717, 1.165) is 6.42 Å². The minimum absolute atomic E-state index is 0.00341. The summed E-state index contributed by atoms with van der Waals surface area (Å²) in [5, 5.41) is 12.1. The van der Waals surface area contributed by atoms with Gasteiger partial charge >= 0.3 is 5.97 Å². The lowest BCUT2D eigenvalue weighted by Crippen LogP contribution is -2.26. The number of carboxylic acid groups (broad SMARTS) is 1. The molecule has 0 radical (unpaired) electrons. The molecular formula is C25H23NO5. The van der Waals surface area contributed by atoms with Gasteiger partial charge in [-0.2, -0.15) is 0 Å². The quantitative estimate of drug-likeness (QED) is 0.354. The van der Waals surface area contributed by atoms with Gasteiger partial charge in [-0.05, 0) is 42.8 Å². The van der Waals surface area contributed by atoms with E-state index < -0.39 is 18.0 Å². The number of para-hydroxylation sites is 1. The van der Waals surface area contributed by atoms with Gasteiger partial charge in [0.15, 0.2) is 0 Å². The zero-order valence-corrected chi connectivity index (χ0v) is 16.9. The van der Waals surface area contributed by atoms with E-state index in [4.69, 9.17) is 9.47 Å². The number of hydrogen-bond donors (Lipinski definition) is 2. The van der Waals surface area contributed by atoms with Crippen LogP contribution in [0.2, 0.25) is 0 Å². The third-order valence-corrected chi connectivity index (χ3v) is 4.42. The Labute approximate surface area is 180 Å². The van der Waals surface area contributed by atoms with Gasteiger partial charge in [-0.1, -0.05) is 48.5 Å². The zero-order chi connectivity index (χ0) is 22.1. The number of anilines is 1. The first kappa shape index (κ1) is 21.6. The van der Waals surface area contributed by atoms with E-state index in [0.29, 0.717) is 23.7 Å². The van der Waals surface area contributed by atoms with Crippen molar-refractivity contribution in [1.29, 1.82) is 0 Å². The van der Waals surface area contributed by atoms with Gasteiger partial charge in [-0.15, -0.1) is 6.58 Å². The molecule has 6 heteroatoms. The molecule has 0 saturated heterocycles. The normalized spacial score (nSPS) is 11.2. The van der Waals surface area contributed by atoms with E-state index >= 15 is 0 Å². The van der Waals surface area contributed by atoms with E-state index in [9.17, 15) is 14.7 Å². The molecule has 0 aliphatic carbocycles. The zero-order valence-electron chi connectivity index (χ0n) is 16.9. The number of hydrogen-bond acceptors (Lipinski definition) is 4. The molecule has 6 nitrogen and oxygen atoms in total. The van der Waals surface area contributed by atoms with E-state index in [1.54, 1.807) is 72.8 Å². The van der Waals surface area contributed by atoms with Gasteiger partial charge in [0, 0.05) is 5.56 Å². The van der Waals surface area contributed by atoms with Crippen LogP contribution in [0.25, 0.3) is 0 Å². The van der Waals surface area contributed by atoms with Gasteiger partial charge in [0.25, 0.3) is 5.91 Å². The molecular weight excluding hydrogens is 394 g/mol. The number of ether oxygens (including phenoxy) is 2. The molecule has 0 spiro atoms. The highest BCUT2D eigenvalue weighted by atomic mass is 16.5. The lowest BCUT2D eigenvalue weighted by atomic mass is 10.1. The van der Waals surface area contributed by atoms with Crippen molar-refractivity contribution in [3.05, 3.63) is 103 Å². The van der Waals surface area contributed by atoms with Gasteiger partial charge in [-0.25, -0.2) is 4.79 Å². The SMILES string of the molecule is C=CCCOc1ccc(OC(C(=O)Nc2ccccc2C(=O)O)c2ccccc2)cc1. The topological polar surface area (TPSA) is 84.9 Å². The lowest BCUT2D eigenvalue weighted by Gasteiger charge is -2.20. The Morgan fingerprint density at radius 3 is 2.26 bits per heavy atom. The third kappa shape index (κ3) is 5.96. The predicted molar refractivity (Wildman–Crippen MR) is 119 cm³/mol. The molecule has 0 saturated carbocycles. The highest BCUT2D eigenvalue weighted by Gasteiger charge is 2.24. The maximum Gasteiger partial charge on any atom is 0.337 e. The first-order chi connectivity index (χ1) is 15.1. The standard InChI is InChI=1S/C25H23NO5/c1-2-3-17-30-19-13-15-20(16-14-19)31-23(18-9-5-4-6-10-18)24(27)26-22-12-8-7-11-21(22)25(28)29/h2,4-16,23H,1,3,17H2,(H,26,27)(H,28,29). The maximum absolute atomic E-state index is 13.1. The molecule has 0 aromatic heterocycles. The van der Waals surface area contributed by atoms with Gasteiger partial charge < -0.3 is 19.9 Å². The second-order valence-corrected chi connectivity index (χ2v) is 6.65. The molecule has 1 atom stereocenters. The maximum atomic E-state index is 13.1. The van der Waals surface area contributed by atoms with Crippen LogP contribution in [0.5, 0.6) is 11.5 Å². The average molecular weight is 417 g/mol. The number of nitrogens with one attached hydrogen (secondary N) is 1. The van der Waals surface area contributed by atoms with Crippen LogP contribution in [-0.2, 0) is 4.79 Å². The molecule has 31 heavy (non-hydrogen) atoms. The summed E-state index contributed by atoms with van der Waals surface area (Å²) in [5.41, 5.74) is 0.846. The summed E-state index contributed by atoms with van der Waals surface area (Å²) in [7, 11) is 0. The van der Waals surface area contributed by atoms with E-state index in [2.05, 4.69) is 11.9 Å². The Kier molecular flexibility index (Phi) is 7.43. The molecule has 2 N–H and O–H groups in total. The number of carbonyl (C=O) groups excluding carboxylic acids is 1. The second kappa shape index (κ2) is 10.6. The van der Waals surface area contributed by atoms with E-state index in [1.807, 2.05) is 6.07 Å². The summed E-state index contributed by atoms with van der Waals surface area (Å²) in [4.78, 5) is 24.5. The minimum Gasteiger partial charge on any atom is -0.493 e. The second-order valence-electron chi connectivity index (χ2n) is 6.65. The molecule has 3 aromatic rings. The summed E-state index contributed by atoms with van der Waals surface area (Å²) in [6.45, 7) is 4.19. The number of carbonyl (C=O) groups is 2. The van der Waals surface area contributed by atoms with Crippen molar-refractivity contribution < 1.29 is 24.2 Å². The highest BCUT2D eigenvalue weighted by Crippen LogP contribution is 2.26. The molecule has 158 valence electrons. The number of aromatic carboxylic acids is 1. The van der Waals surface area contributed by atoms with Crippen molar-refractivity contribution in [2.75, 3.05) is 11.9 Å². The molecule has 0 aliphatic heterocycles. The Hall–Kier alpha value is -4.06. The van der Waals surface area contributed by atoms with Crippen LogP contribution in [0.1, 0.15) is 28.4 Å². The molecule has 0 fully saturated rings. The largest absolute Gasteiger partial charge is 0.493 e. The Balaban J connectivity index is 1.80. The monoisotopic (exact) mass is 417 g/mol. The first-order valence-electron chi connectivity index (χ1n) is 9.77. The molecule has 0 heterocycles. The van der Waals surface area contributed by atoms with Crippen LogP contribution in [-0.4, -0.2) is 23.6 Å². The molecule has 3 aromatic carbocycles. The summed E-state index contributed by atoms with van der Waals surface area (Å²) in [6, 6.07) is 22.2. The number of amides is 1.